The Labute approximate surface area is 329 Å². The van der Waals surface area contributed by atoms with Crippen LogP contribution in [0.25, 0.3) is 89.2 Å². The van der Waals surface area contributed by atoms with Crippen LogP contribution in [-0.4, -0.2) is 9.97 Å². The molecule has 1 aromatic heterocycles. The maximum atomic E-state index is 8.49. The zero-order chi connectivity index (χ0) is 41.3. The first-order valence-corrected chi connectivity index (χ1v) is 18.6. The molecule has 1 aliphatic carbocycles. The van der Waals surface area contributed by atoms with Gasteiger partial charge in [-0.1, -0.05) is 190 Å². The van der Waals surface area contributed by atoms with Gasteiger partial charge < -0.3 is 0 Å². The van der Waals surface area contributed by atoms with Gasteiger partial charge in [0.1, 0.15) is 0 Å². The number of hydrogen-bond acceptors (Lipinski definition) is 2. The third kappa shape index (κ3) is 5.75. The summed E-state index contributed by atoms with van der Waals surface area (Å²) in [7, 11) is 0. The van der Waals surface area contributed by atoms with Crippen LogP contribution < -0.4 is 0 Å². The van der Waals surface area contributed by atoms with Crippen molar-refractivity contribution < 1.29 is 6.85 Å². The number of rotatable bonds is 6. The minimum absolute atomic E-state index is 0.0789. The molecule has 0 amide bonds. The highest BCUT2D eigenvalue weighted by molar-refractivity contribution is 6.05. The summed E-state index contributed by atoms with van der Waals surface area (Å²) in [5.41, 5.74) is 14.7. The monoisotopic (exact) mass is 707 g/mol. The maximum Gasteiger partial charge on any atom is 0.160 e. The molecule has 0 bridgehead atoms. The van der Waals surface area contributed by atoms with Gasteiger partial charge in [0.2, 0.25) is 0 Å². The minimum atomic E-state index is -0.410. The summed E-state index contributed by atoms with van der Waals surface area (Å²) >= 11 is 0. The van der Waals surface area contributed by atoms with E-state index >= 15 is 0 Å². The highest BCUT2D eigenvalue weighted by atomic mass is 14.9. The lowest BCUT2D eigenvalue weighted by Gasteiger charge is -2.22. The summed E-state index contributed by atoms with van der Waals surface area (Å²) in [6.45, 7) is 4.64. The van der Waals surface area contributed by atoms with Crippen LogP contribution in [0, 0.1) is 0 Å². The zero-order valence-electron chi connectivity index (χ0n) is 35.5. The van der Waals surface area contributed by atoms with Crippen molar-refractivity contribution in [2.45, 2.75) is 19.3 Å². The number of nitrogens with zero attached hydrogens (tertiary/aromatic N) is 2. The molecular formula is C53H38N2. The lowest BCUT2D eigenvalue weighted by atomic mass is 9.81. The molecule has 2 heteroatoms. The van der Waals surface area contributed by atoms with Crippen LogP contribution in [0.1, 0.15) is 31.8 Å². The number of benzene rings is 8. The van der Waals surface area contributed by atoms with Crippen LogP contribution in [0.15, 0.2) is 194 Å². The molecule has 0 N–H and O–H groups in total. The number of aromatic nitrogens is 2. The lowest BCUT2D eigenvalue weighted by molar-refractivity contribution is 0.660. The van der Waals surface area contributed by atoms with Crippen molar-refractivity contribution in [3.8, 4) is 78.4 Å². The van der Waals surface area contributed by atoms with E-state index in [0.717, 1.165) is 44.3 Å². The molecule has 8 aromatic carbocycles. The van der Waals surface area contributed by atoms with Crippen LogP contribution in [0.3, 0.4) is 0 Å². The first kappa shape index (κ1) is 27.7. The third-order valence-corrected chi connectivity index (χ3v) is 11.0. The topological polar surface area (TPSA) is 25.8 Å². The van der Waals surface area contributed by atoms with Gasteiger partial charge in [0.25, 0.3) is 0 Å². The number of fused-ring (bicyclic) bond motifs is 4. The molecule has 55 heavy (non-hydrogen) atoms. The molecule has 0 spiro atoms. The summed E-state index contributed by atoms with van der Waals surface area (Å²) in [4.78, 5) is 10.2. The highest BCUT2D eigenvalue weighted by Gasteiger charge is 2.35. The Kier molecular flexibility index (Phi) is 6.64. The fraction of sp³-hybridized carbons (Fsp3) is 0.0566. The predicted octanol–water partition coefficient (Wildman–Crippen LogP) is 13.9. The SMILES string of the molecule is [2H]c1c([2H])c([2H])c(-c2ccc(-c3cc(-c4ccc(-c5cccc(-c6ccc7c(c6)C(C)(C)c6ccccc6-7)c5)c5ccccc45)nc(-c4ccccc4)n3)cc2)c([2H])c1[2H]. The van der Waals surface area contributed by atoms with Crippen molar-refractivity contribution in [1.29, 1.82) is 0 Å². The van der Waals surface area contributed by atoms with Crippen molar-refractivity contribution in [1.82, 2.24) is 9.97 Å². The second-order valence-electron chi connectivity index (χ2n) is 14.6. The molecule has 2 nitrogen and oxygen atoms in total. The summed E-state index contributed by atoms with van der Waals surface area (Å²) < 4.78 is 41.3. The molecule has 9 aromatic rings. The third-order valence-electron chi connectivity index (χ3n) is 11.0. The van der Waals surface area contributed by atoms with Gasteiger partial charge in [-0.2, -0.15) is 0 Å². The summed E-state index contributed by atoms with van der Waals surface area (Å²) in [5, 5.41) is 2.18. The second-order valence-corrected chi connectivity index (χ2v) is 14.6. The standard InChI is InChI=1S/C53H38N2/c1-53(2)48-23-12-11-22-45(48)46-29-28-40(33-49(46)53)39-18-13-19-41(32-39)42-30-31-47(44-21-10-9-20-43(42)44)51-34-50(54-52(55-51)38-16-7-4-8-17-38)37-26-24-36(25-27-37)35-14-5-3-6-15-35/h3-34H,1-2H3/i3D,5D,6D,14D,15D. The molecule has 10 rings (SSSR count). The van der Waals surface area contributed by atoms with Crippen molar-refractivity contribution in [3.05, 3.63) is 205 Å². The quantitative estimate of drug-likeness (QED) is 0.172. The van der Waals surface area contributed by atoms with E-state index in [1.807, 2.05) is 48.5 Å². The van der Waals surface area contributed by atoms with Crippen LogP contribution >= 0.6 is 0 Å². The van der Waals surface area contributed by atoms with Gasteiger partial charge in [-0.25, -0.2) is 9.97 Å². The van der Waals surface area contributed by atoms with Gasteiger partial charge in [0.05, 0.1) is 18.2 Å². The molecule has 0 saturated carbocycles. The van der Waals surface area contributed by atoms with E-state index in [1.165, 1.54) is 33.4 Å². The molecule has 0 fully saturated rings. The van der Waals surface area contributed by atoms with E-state index in [9.17, 15) is 0 Å². The fourth-order valence-corrected chi connectivity index (χ4v) is 8.18. The first-order chi connectivity index (χ1) is 29.1. The summed E-state index contributed by atoms with van der Waals surface area (Å²) in [5.74, 6) is 0.583. The predicted molar refractivity (Wildman–Crippen MR) is 230 cm³/mol. The van der Waals surface area contributed by atoms with Crippen molar-refractivity contribution in [2.75, 3.05) is 0 Å². The number of hydrogen-bond donors (Lipinski definition) is 0. The average Bonchev–Trinajstić information content (AvgIpc) is 3.53. The van der Waals surface area contributed by atoms with Crippen LogP contribution in [0.4, 0.5) is 0 Å². The Bertz CT molecular complexity index is 3150. The van der Waals surface area contributed by atoms with E-state index in [-0.39, 0.29) is 35.1 Å². The lowest BCUT2D eigenvalue weighted by Crippen LogP contribution is -2.14. The molecule has 0 saturated heterocycles. The minimum Gasteiger partial charge on any atom is -0.228 e. The van der Waals surface area contributed by atoms with Gasteiger partial charge in [-0.3, -0.25) is 0 Å². The van der Waals surface area contributed by atoms with E-state index < -0.39 is 6.04 Å². The molecule has 0 atom stereocenters. The van der Waals surface area contributed by atoms with Gasteiger partial charge in [0, 0.05) is 22.1 Å². The largest absolute Gasteiger partial charge is 0.228 e. The summed E-state index contributed by atoms with van der Waals surface area (Å²) in [6.07, 6.45) is 0. The van der Waals surface area contributed by atoms with Crippen molar-refractivity contribution in [2.24, 2.45) is 0 Å². The van der Waals surface area contributed by atoms with Crippen molar-refractivity contribution >= 4 is 10.8 Å². The highest BCUT2D eigenvalue weighted by Crippen LogP contribution is 2.49. The Morgan fingerprint density at radius 1 is 0.382 bits per heavy atom. The van der Waals surface area contributed by atoms with E-state index in [1.54, 1.807) is 12.1 Å². The molecule has 0 unspecified atom stereocenters. The molecular weight excluding hydrogens is 665 g/mol. The van der Waals surface area contributed by atoms with E-state index in [0.29, 0.717) is 17.1 Å². The van der Waals surface area contributed by atoms with E-state index in [2.05, 4.69) is 117 Å². The normalized spacial score (nSPS) is 14.0. The molecule has 260 valence electrons. The average molecular weight is 708 g/mol. The van der Waals surface area contributed by atoms with Gasteiger partial charge in [-0.15, -0.1) is 0 Å². The molecule has 1 aliphatic rings. The zero-order valence-corrected chi connectivity index (χ0v) is 30.5. The molecule has 1 heterocycles. The van der Waals surface area contributed by atoms with Crippen LogP contribution in [0.2, 0.25) is 0 Å². The Morgan fingerprint density at radius 3 is 1.78 bits per heavy atom. The van der Waals surface area contributed by atoms with Crippen molar-refractivity contribution in [3.63, 3.8) is 0 Å². The Hall–Kier alpha value is -6.90. The summed E-state index contributed by atoms with van der Waals surface area (Å²) in [6, 6.07) is 54.9. The molecule has 0 aliphatic heterocycles. The first-order valence-electron chi connectivity index (χ1n) is 21.1. The Morgan fingerprint density at radius 2 is 0.964 bits per heavy atom. The fourth-order valence-electron chi connectivity index (χ4n) is 8.18. The van der Waals surface area contributed by atoms with Crippen LogP contribution in [-0.2, 0) is 5.41 Å². The Balaban J connectivity index is 1.06. The van der Waals surface area contributed by atoms with Gasteiger partial charge in [-0.05, 0) is 84.6 Å². The van der Waals surface area contributed by atoms with Gasteiger partial charge in [0.15, 0.2) is 5.82 Å². The molecule has 0 radical (unpaired) electrons. The van der Waals surface area contributed by atoms with Gasteiger partial charge >= 0.3 is 0 Å². The van der Waals surface area contributed by atoms with Crippen LogP contribution in [0.5, 0.6) is 0 Å². The smallest absolute Gasteiger partial charge is 0.160 e. The van der Waals surface area contributed by atoms with E-state index in [4.69, 9.17) is 16.8 Å². The maximum absolute atomic E-state index is 8.49. The second kappa shape index (κ2) is 13.2.